The molecule has 2 aromatic rings. The lowest BCUT2D eigenvalue weighted by atomic mass is 10.1. The summed E-state index contributed by atoms with van der Waals surface area (Å²) in [5.41, 5.74) is 8.60. The van der Waals surface area contributed by atoms with Crippen LogP contribution in [-0.4, -0.2) is 43.6 Å². The Bertz CT molecular complexity index is 732. The SMILES string of the molecule is [N-]=[N+]=N[C@H]1C[C@H](n2ncc3c(=O)[nH]cnc32)O[C@@H]1CO. The first-order valence-corrected chi connectivity index (χ1v) is 5.96. The summed E-state index contributed by atoms with van der Waals surface area (Å²) < 4.78 is 7.06. The Morgan fingerprint density at radius 2 is 2.55 bits per heavy atom. The Labute approximate surface area is 111 Å². The monoisotopic (exact) mass is 277 g/mol. The molecule has 0 spiro atoms. The van der Waals surface area contributed by atoms with Gasteiger partial charge in [-0.05, 0) is 5.53 Å². The van der Waals surface area contributed by atoms with Crippen molar-refractivity contribution in [1.29, 1.82) is 0 Å². The maximum atomic E-state index is 11.6. The third kappa shape index (κ3) is 1.92. The maximum Gasteiger partial charge on any atom is 0.261 e. The van der Waals surface area contributed by atoms with Crippen molar-refractivity contribution in [2.75, 3.05) is 6.61 Å². The average molecular weight is 277 g/mol. The van der Waals surface area contributed by atoms with E-state index in [0.29, 0.717) is 17.5 Å². The van der Waals surface area contributed by atoms with Crippen LogP contribution < -0.4 is 5.56 Å². The molecule has 1 aliphatic heterocycles. The third-order valence-electron chi connectivity index (χ3n) is 3.25. The minimum Gasteiger partial charge on any atom is -0.394 e. The third-order valence-corrected chi connectivity index (χ3v) is 3.25. The lowest BCUT2D eigenvalue weighted by Gasteiger charge is -2.12. The van der Waals surface area contributed by atoms with E-state index >= 15 is 0 Å². The van der Waals surface area contributed by atoms with Crippen molar-refractivity contribution in [2.24, 2.45) is 5.11 Å². The summed E-state index contributed by atoms with van der Waals surface area (Å²) in [6.07, 6.45) is 1.93. The van der Waals surface area contributed by atoms with Crippen LogP contribution in [0.5, 0.6) is 0 Å². The van der Waals surface area contributed by atoms with Crippen LogP contribution in [-0.2, 0) is 4.74 Å². The highest BCUT2D eigenvalue weighted by Crippen LogP contribution is 2.31. The first-order chi connectivity index (χ1) is 9.74. The molecule has 2 N–H and O–H groups in total. The summed E-state index contributed by atoms with van der Waals surface area (Å²) >= 11 is 0. The lowest BCUT2D eigenvalue weighted by molar-refractivity contribution is -0.0286. The van der Waals surface area contributed by atoms with Crippen LogP contribution in [0.15, 0.2) is 22.4 Å². The minimum absolute atomic E-state index is 0.257. The predicted octanol–water partition coefficient (Wildman–Crippen LogP) is 0.0783. The zero-order chi connectivity index (χ0) is 14.1. The number of hydrogen-bond acceptors (Lipinski definition) is 6. The van der Waals surface area contributed by atoms with Gasteiger partial charge in [-0.2, -0.15) is 5.10 Å². The molecule has 10 nitrogen and oxygen atoms in total. The fourth-order valence-corrected chi connectivity index (χ4v) is 2.30. The number of nitrogens with zero attached hydrogens (tertiary/aromatic N) is 6. The highest BCUT2D eigenvalue weighted by molar-refractivity contribution is 5.72. The standard InChI is InChI=1S/C10H11N7O3/c11-16-15-6-1-8(20-7(6)3-18)17-9-5(2-14-17)10(19)13-4-12-9/h2,4,6-8,18H,1,3H2,(H,12,13,19)/t6-,7+,8+/m0/s1. The molecular formula is C10H11N7O3. The fourth-order valence-electron chi connectivity index (χ4n) is 2.30. The fraction of sp³-hybridized carbons (Fsp3) is 0.500. The highest BCUT2D eigenvalue weighted by atomic mass is 16.5. The van der Waals surface area contributed by atoms with E-state index in [4.69, 9.17) is 10.3 Å². The van der Waals surface area contributed by atoms with Crippen LogP contribution >= 0.6 is 0 Å². The molecule has 0 amide bonds. The summed E-state index contributed by atoms with van der Waals surface area (Å²) in [6.45, 7) is -0.257. The Morgan fingerprint density at radius 3 is 3.30 bits per heavy atom. The van der Waals surface area contributed by atoms with Gasteiger partial charge in [-0.15, -0.1) is 0 Å². The van der Waals surface area contributed by atoms with Crippen molar-refractivity contribution in [2.45, 2.75) is 24.8 Å². The van der Waals surface area contributed by atoms with E-state index in [1.165, 1.54) is 17.2 Å². The molecule has 0 unspecified atom stereocenters. The number of azide groups is 1. The summed E-state index contributed by atoms with van der Waals surface area (Å²) in [5, 5.41) is 17.3. The molecule has 0 bridgehead atoms. The summed E-state index contributed by atoms with van der Waals surface area (Å²) in [5.74, 6) is 0. The van der Waals surface area contributed by atoms with Crippen LogP contribution in [0.3, 0.4) is 0 Å². The molecule has 1 aliphatic rings. The molecule has 3 rings (SSSR count). The molecule has 20 heavy (non-hydrogen) atoms. The number of nitrogens with one attached hydrogen (secondary N) is 1. The van der Waals surface area contributed by atoms with Crippen LogP contribution in [0.25, 0.3) is 21.5 Å². The van der Waals surface area contributed by atoms with Gasteiger partial charge >= 0.3 is 0 Å². The van der Waals surface area contributed by atoms with E-state index in [9.17, 15) is 9.90 Å². The van der Waals surface area contributed by atoms with E-state index in [0.717, 1.165) is 0 Å². The molecule has 2 aromatic heterocycles. The molecule has 0 saturated carbocycles. The van der Waals surface area contributed by atoms with Crippen LogP contribution in [0.4, 0.5) is 0 Å². The molecular weight excluding hydrogens is 266 g/mol. The van der Waals surface area contributed by atoms with Gasteiger partial charge in [0.05, 0.1) is 31.3 Å². The number of rotatable bonds is 3. The van der Waals surface area contributed by atoms with E-state index < -0.39 is 18.4 Å². The van der Waals surface area contributed by atoms with Gasteiger partial charge in [0.1, 0.15) is 5.39 Å². The first-order valence-electron chi connectivity index (χ1n) is 5.96. The normalized spacial score (nSPS) is 25.8. The summed E-state index contributed by atoms with van der Waals surface area (Å²) in [7, 11) is 0. The first kappa shape index (κ1) is 12.6. The molecule has 0 radical (unpaired) electrons. The molecule has 3 heterocycles. The second kappa shape index (κ2) is 4.93. The average Bonchev–Trinajstić information content (AvgIpc) is 3.03. The van der Waals surface area contributed by atoms with Crippen molar-refractivity contribution in [3.8, 4) is 0 Å². The van der Waals surface area contributed by atoms with Gasteiger partial charge in [0.15, 0.2) is 11.9 Å². The van der Waals surface area contributed by atoms with Crippen molar-refractivity contribution in [3.05, 3.63) is 33.3 Å². The van der Waals surface area contributed by atoms with Crippen LogP contribution in [0, 0.1) is 0 Å². The Hall–Kier alpha value is -2.42. The number of aliphatic hydroxyl groups excluding tert-OH is 1. The van der Waals surface area contributed by atoms with Crippen molar-refractivity contribution >= 4 is 11.0 Å². The number of ether oxygens (including phenoxy) is 1. The number of aromatic amines is 1. The smallest absolute Gasteiger partial charge is 0.261 e. The molecule has 3 atom stereocenters. The van der Waals surface area contributed by atoms with Crippen molar-refractivity contribution in [1.82, 2.24) is 19.7 Å². The van der Waals surface area contributed by atoms with Gasteiger partial charge in [-0.1, -0.05) is 5.11 Å². The molecule has 0 aromatic carbocycles. The number of hydrogen-bond donors (Lipinski definition) is 2. The molecule has 10 heteroatoms. The van der Waals surface area contributed by atoms with E-state index in [1.807, 2.05) is 0 Å². The van der Waals surface area contributed by atoms with E-state index in [2.05, 4.69) is 25.1 Å². The van der Waals surface area contributed by atoms with Crippen LogP contribution in [0.1, 0.15) is 12.6 Å². The van der Waals surface area contributed by atoms with Gasteiger partial charge in [0.2, 0.25) is 0 Å². The second-order valence-electron chi connectivity index (χ2n) is 4.38. The van der Waals surface area contributed by atoms with Gasteiger partial charge < -0.3 is 14.8 Å². The number of aliphatic hydroxyl groups is 1. The van der Waals surface area contributed by atoms with Crippen LogP contribution in [0.2, 0.25) is 0 Å². The molecule has 1 fully saturated rings. The minimum atomic E-state index is -0.586. The van der Waals surface area contributed by atoms with Gasteiger partial charge in [-0.3, -0.25) is 4.79 Å². The molecule has 104 valence electrons. The number of aromatic nitrogens is 4. The second-order valence-corrected chi connectivity index (χ2v) is 4.38. The number of fused-ring (bicyclic) bond motifs is 1. The van der Waals surface area contributed by atoms with Gasteiger partial charge in [-0.25, -0.2) is 9.67 Å². The molecule has 1 saturated heterocycles. The van der Waals surface area contributed by atoms with Crippen molar-refractivity contribution < 1.29 is 9.84 Å². The Morgan fingerprint density at radius 1 is 1.70 bits per heavy atom. The zero-order valence-corrected chi connectivity index (χ0v) is 10.2. The van der Waals surface area contributed by atoms with E-state index in [-0.39, 0.29) is 12.2 Å². The topological polar surface area (TPSA) is 142 Å². The summed E-state index contributed by atoms with van der Waals surface area (Å²) in [4.78, 5) is 20.9. The largest absolute Gasteiger partial charge is 0.394 e. The molecule has 0 aliphatic carbocycles. The summed E-state index contributed by atoms with van der Waals surface area (Å²) in [6, 6.07) is -0.476. The quantitative estimate of drug-likeness (QED) is 0.464. The Kier molecular flexibility index (Phi) is 3.11. The van der Waals surface area contributed by atoms with E-state index in [1.54, 1.807) is 0 Å². The Balaban J connectivity index is 1.98. The van der Waals surface area contributed by atoms with Gasteiger partial charge in [0.25, 0.3) is 5.56 Å². The van der Waals surface area contributed by atoms with Gasteiger partial charge in [0, 0.05) is 11.3 Å². The lowest BCUT2D eigenvalue weighted by Crippen LogP contribution is -2.23. The highest BCUT2D eigenvalue weighted by Gasteiger charge is 2.36. The van der Waals surface area contributed by atoms with Crippen molar-refractivity contribution in [3.63, 3.8) is 0 Å². The zero-order valence-electron chi connectivity index (χ0n) is 10.2. The maximum absolute atomic E-state index is 11.6. The predicted molar refractivity (Wildman–Crippen MR) is 66.7 cm³/mol. The number of H-pyrrole nitrogens is 1.